The number of sulfonamides is 1. The zero-order valence-electron chi connectivity index (χ0n) is 18.0. The summed E-state index contributed by atoms with van der Waals surface area (Å²) in [5.41, 5.74) is 1.59. The minimum absolute atomic E-state index is 0.121. The molecule has 0 spiro atoms. The summed E-state index contributed by atoms with van der Waals surface area (Å²) < 4.78 is 33.0. The minimum Gasteiger partial charge on any atom is -0.444 e. The van der Waals surface area contributed by atoms with Crippen LogP contribution in [0.1, 0.15) is 44.0 Å². The van der Waals surface area contributed by atoms with Crippen LogP contribution in [0.15, 0.2) is 53.4 Å². The van der Waals surface area contributed by atoms with Gasteiger partial charge < -0.3 is 10.1 Å². The molecule has 1 aliphatic heterocycles. The van der Waals surface area contributed by atoms with Gasteiger partial charge in [-0.2, -0.15) is 4.31 Å². The number of amides is 1. The molecule has 0 saturated carbocycles. The summed E-state index contributed by atoms with van der Waals surface area (Å²) in [7, 11) is -3.65. The van der Waals surface area contributed by atoms with Gasteiger partial charge in [0.15, 0.2) is 0 Å². The summed E-state index contributed by atoms with van der Waals surface area (Å²) in [5, 5.41) is 2.82. The van der Waals surface area contributed by atoms with E-state index >= 15 is 0 Å². The molecule has 0 unspecified atom stereocenters. The first-order chi connectivity index (χ1) is 14.6. The number of hydrogen-bond donors (Lipinski definition) is 1. The second-order valence-corrected chi connectivity index (χ2v) is 10.5. The van der Waals surface area contributed by atoms with E-state index in [1.807, 2.05) is 6.07 Å². The van der Waals surface area contributed by atoms with Crippen LogP contribution < -0.4 is 5.32 Å². The van der Waals surface area contributed by atoms with E-state index in [1.54, 1.807) is 63.2 Å². The summed E-state index contributed by atoms with van der Waals surface area (Å²) in [4.78, 5) is 23.0. The fraction of sp³-hybridized carbons (Fsp3) is 0.391. The van der Waals surface area contributed by atoms with Gasteiger partial charge in [0.25, 0.3) is 0 Å². The Labute approximate surface area is 183 Å². The molecule has 0 bridgehead atoms. The van der Waals surface area contributed by atoms with Gasteiger partial charge in [0, 0.05) is 24.7 Å². The van der Waals surface area contributed by atoms with Crippen LogP contribution in [0.5, 0.6) is 0 Å². The number of carbonyl (C=O) groups is 2. The number of nitrogens with zero attached hydrogens (tertiary/aromatic N) is 1. The van der Waals surface area contributed by atoms with Crippen molar-refractivity contribution >= 4 is 22.4 Å². The minimum atomic E-state index is -3.65. The molecule has 7 nitrogen and oxygen atoms in total. The van der Waals surface area contributed by atoms with E-state index in [0.29, 0.717) is 31.5 Å². The lowest BCUT2D eigenvalue weighted by Gasteiger charge is -2.32. The molecule has 3 rings (SSSR count). The van der Waals surface area contributed by atoms with Crippen LogP contribution in [-0.4, -0.2) is 49.8 Å². The number of rotatable bonds is 5. The molecule has 1 heterocycles. The van der Waals surface area contributed by atoms with Crippen LogP contribution in [0.2, 0.25) is 0 Å². The summed E-state index contributed by atoms with van der Waals surface area (Å²) in [5.74, 6) is 0. The van der Waals surface area contributed by atoms with Crippen molar-refractivity contribution in [3.63, 3.8) is 0 Å². The van der Waals surface area contributed by atoms with Gasteiger partial charge in [-0.3, -0.25) is 4.79 Å². The number of alkyl carbamates (subject to hydrolysis) is 1. The molecule has 1 aliphatic rings. The Hall–Kier alpha value is -2.71. The highest BCUT2D eigenvalue weighted by Gasteiger charge is 2.31. The van der Waals surface area contributed by atoms with Gasteiger partial charge in [-0.05, 0) is 56.9 Å². The number of carbonyl (C=O) groups excluding carboxylic acids is 2. The van der Waals surface area contributed by atoms with Gasteiger partial charge in [0.1, 0.15) is 11.9 Å². The lowest BCUT2D eigenvalue weighted by Crippen LogP contribution is -2.47. The van der Waals surface area contributed by atoms with Crippen molar-refractivity contribution in [2.24, 2.45) is 0 Å². The second-order valence-electron chi connectivity index (χ2n) is 8.59. The van der Waals surface area contributed by atoms with Crippen molar-refractivity contribution in [2.45, 2.75) is 50.2 Å². The average molecular weight is 445 g/mol. The molecule has 8 heteroatoms. The Morgan fingerprint density at radius 3 is 2.29 bits per heavy atom. The predicted molar refractivity (Wildman–Crippen MR) is 118 cm³/mol. The molecule has 1 N–H and O–H groups in total. The lowest BCUT2D eigenvalue weighted by atomic mass is 10.0. The van der Waals surface area contributed by atoms with E-state index < -0.39 is 21.7 Å². The van der Waals surface area contributed by atoms with E-state index in [-0.39, 0.29) is 10.9 Å². The number of piperidine rings is 1. The molecule has 0 radical (unpaired) electrons. The second kappa shape index (κ2) is 9.20. The van der Waals surface area contributed by atoms with E-state index in [0.717, 1.165) is 17.4 Å². The third kappa shape index (κ3) is 5.92. The van der Waals surface area contributed by atoms with Crippen LogP contribution in [0, 0.1) is 0 Å². The summed E-state index contributed by atoms with van der Waals surface area (Å²) >= 11 is 0. The third-order valence-electron chi connectivity index (χ3n) is 5.03. The summed E-state index contributed by atoms with van der Waals surface area (Å²) in [6.45, 7) is 6.04. The van der Waals surface area contributed by atoms with E-state index in [9.17, 15) is 18.0 Å². The van der Waals surface area contributed by atoms with Crippen LogP contribution in [-0.2, 0) is 14.8 Å². The van der Waals surface area contributed by atoms with Gasteiger partial charge in [0.05, 0.1) is 4.90 Å². The van der Waals surface area contributed by atoms with E-state index in [1.165, 1.54) is 4.31 Å². The zero-order valence-corrected chi connectivity index (χ0v) is 18.8. The number of ether oxygens (including phenoxy) is 1. The lowest BCUT2D eigenvalue weighted by molar-refractivity contribution is 0.0489. The normalized spacial score (nSPS) is 16.0. The molecule has 2 aromatic carbocycles. The molecule has 0 atom stereocenters. The predicted octanol–water partition coefficient (Wildman–Crippen LogP) is 3.84. The summed E-state index contributed by atoms with van der Waals surface area (Å²) in [6, 6.07) is 13.7. The topological polar surface area (TPSA) is 92.8 Å². The standard InChI is InChI=1S/C23H28N2O5S/c1-23(2,3)30-22(27)24-20-11-13-25(14-12-20)31(28,29)21-6-4-5-19(15-21)18-9-7-17(16-26)8-10-18/h4-10,15-16,20H,11-14H2,1-3H3,(H,24,27). The van der Waals surface area contributed by atoms with E-state index in [2.05, 4.69) is 5.32 Å². The number of aldehydes is 1. The number of benzene rings is 2. The molecule has 0 aromatic heterocycles. The monoisotopic (exact) mass is 444 g/mol. The molecule has 1 amide bonds. The molecule has 1 fully saturated rings. The largest absolute Gasteiger partial charge is 0.444 e. The Morgan fingerprint density at radius 2 is 1.71 bits per heavy atom. The molecule has 1 saturated heterocycles. The van der Waals surface area contributed by atoms with Crippen molar-refractivity contribution < 1.29 is 22.7 Å². The maximum Gasteiger partial charge on any atom is 0.407 e. The Balaban J connectivity index is 1.67. The first-order valence-electron chi connectivity index (χ1n) is 10.2. The van der Waals surface area contributed by atoms with Crippen LogP contribution in [0.3, 0.4) is 0 Å². The highest BCUT2D eigenvalue weighted by atomic mass is 32.2. The van der Waals surface area contributed by atoms with Gasteiger partial charge in [0.2, 0.25) is 10.0 Å². The first-order valence-corrected chi connectivity index (χ1v) is 11.7. The molecule has 0 aliphatic carbocycles. The highest BCUT2D eigenvalue weighted by Crippen LogP contribution is 2.26. The average Bonchev–Trinajstić information content (AvgIpc) is 2.73. The van der Waals surface area contributed by atoms with Crippen LogP contribution in [0.25, 0.3) is 11.1 Å². The quantitative estimate of drug-likeness (QED) is 0.707. The van der Waals surface area contributed by atoms with Gasteiger partial charge in [-0.15, -0.1) is 0 Å². The Kier molecular flexibility index (Phi) is 6.81. The van der Waals surface area contributed by atoms with Crippen molar-refractivity contribution in [3.05, 3.63) is 54.1 Å². The molecular formula is C23H28N2O5S. The van der Waals surface area contributed by atoms with Crippen molar-refractivity contribution in [1.82, 2.24) is 9.62 Å². The highest BCUT2D eigenvalue weighted by molar-refractivity contribution is 7.89. The molecular weight excluding hydrogens is 416 g/mol. The van der Waals surface area contributed by atoms with Gasteiger partial charge in [-0.25, -0.2) is 13.2 Å². The SMILES string of the molecule is CC(C)(C)OC(=O)NC1CCN(S(=O)(=O)c2cccc(-c3ccc(C=O)cc3)c2)CC1. The maximum absolute atomic E-state index is 13.2. The number of hydrogen-bond acceptors (Lipinski definition) is 5. The zero-order chi connectivity index (χ0) is 22.6. The number of nitrogens with one attached hydrogen (secondary N) is 1. The van der Waals surface area contributed by atoms with Crippen LogP contribution in [0.4, 0.5) is 4.79 Å². The van der Waals surface area contributed by atoms with Crippen LogP contribution >= 0.6 is 0 Å². The third-order valence-corrected chi connectivity index (χ3v) is 6.92. The van der Waals surface area contributed by atoms with Gasteiger partial charge in [-0.1, -0.05) is 36.4 Å². The Bertz CT molecular complexity index is 1030. The summed E-state index contributed by atoms with van der Waals surface area (Å²) in [6.07, 6.45) is 1.32. The fourth-order valence-electron chi connectivity index (χ4n) is 3.45. The van der Waals surface area contributed by atoms with Crippen molar-refractivity contribution in [3.8, 4) is 11.1 Å². The van der Waals surface area contributed by atoms with Crippen molar-refractivity contribution in [1.29, 1.82) is 0 Å². The smallest absolute Gasteiger partial charge is 0.407 e. The molecule has 31 heavy (non-hydrogen) atoms. The molecule has 166 valence electrons. The Morgan fingerprint density at radius 1 is 1.06 bits per heavy atom. The molecule has 2 aromatic rings. The van der Waals surface area contributed by atoms with Crippen molar-refractivity contribution in [2.75, 3.05) is 13.1 Å². The fourth-order valence-corrected chi connectivity index (χ4v) is 4.97. The van der Waals surface area contributed by atoms with Gasteiger partial charge >= 0.3 is 6.09 Å². The maximum atomic E-state index is 13.2. The first kappa shape index (κ1) is 23.0. The van der Waals surface area contributed by atoms with E-state index in [4.69, 9.17) is 4.74 Å².